The van der Waals surface area contributed by atoms with Gasteiger partial charge in [-0.25, -0.2) is 13.2 Å². The van der Waals surface area contributed by atoms with Gasteiger partial charge in [-0.05, 0) is 37.1 Å². The van der Waals surface area contributed by atoms with Crippen LogP contribution in [0.5, 0.6) is 0 Å². The average Bonchev–Trinajstić information content (AvgIpc) is 2.60. The van der Waals surface area contributed by atoms with Crippen molar-refractivity contribution in [3.05, 3.63) is 77.6 Å². The van der Waals surface area contributed by atoms with E-state index in [1.165, 1.54) is 6.07 Å². The topological polar surface area (TPSA) is 60.4 Å². The Bertz CT molecular complexity index is 873. The van der Waals surface area contributed by atoms with Crippen molar-refractivity contribution in [1.82, 2.24) is 0 Å². The van der Waals surface area contributed by atoms with Crippen molar-refractivity contribution in [2.75, 3.05) is 6.61 Å². The maximum Gasteiger partial charge on any atom is 0.366 e. The van der Waals surface area contributed by atoms with E-state index in [1.807, 2.05) is 0 Å². The molecule has 0 bridgehead atoms. The molecule has 1 unspecified atom stereocenters. The lowest BCUT2D eigenvalue weighted by molar-refractivity contribution is -0.140. The van der Waals surface area contributed by atoms with Crippen molar-refractivity contribution in [1.29, 1.82) is 0 Å². The second-order valence-corrected chi connectivity index (χ2v) is 7.41. The summed E-state index contributed by atoms with van der Waals surface area (Å²) in [4.78, 5) is 11.7. The number of aryl methyl sites for hydroxylation is 1. The van der Waals surface area contributed by atoms with E-state index in [1.54, 1.807) is 62.4 Å². The normalized spacial score (nSPS) is 13.3. The third kappa shape index (κ3) is 4.33. The quantitative estimate of drug-likeness (QED) is 0.577. The summed E-state index contributed by atoms with van der Waals surface area (Å²) in [6.07, 6.45) is 0.801. The predicted octanol–water partition coefficient (Wildman–Crippen LogP) is 3.93. The molecule has 2 rings (SSSR count). The molecule has 4 nitrogen and oxygen atoms in total. The van der Waals surface area contributed by atoms with Crippen LogP contribution in [-0.2, 0) is 19.4 Å². The number of ether oxygens (including phenoxy) is 1. The molecule has 6 heteroatoms. The van der Waals surface area contributed by atoms with Crippen LogP contribution in [0, 0.1) is 6.92 Å². The Kier molecular flexibility index (Phi) is 6.09. The Morgan fingerprint density at radius 1 is 1.12 bits per heavy atom. The summed E-state index contributed by atoms with van der Waals surface area (Å²) in [7, 11) is -3.95. The molecule has 2 aromatic carbocycles. The summed E-state index contributed by atoms with van der Waals surface area (Å²) < 4.78 is 45.0. The first-order valence-corrected chi connectivity index (χ1v) is 9.31. The first-order chi connectivity index (χ1) is 11.9. The number of rotatable bonds is 6. The van der Waals surface area contributed by atoms with Gasteiger partial charge in [-0.2, -0.15) is 4.39 Å². The summed E-state index contributed by atoms with van der Waals surface area (Å²) in [6.45, 7) is 3.21. The minimum atomic E-state index is -3.95. The van der Waals surface area contributed by atoms with E-state index in [-0.39, 0.29) is 11.5 Å². The van der Waals surface area contributed by atoms with Crippen LogP contribution in [0.4, 0.5) is 4.39 Å². The number of carbonyl (C=O) groups is 1. The Labute approximate surface area is 146 Å². The Morgan fingerprint density at radius 2 is 1.72 bits per heavy atom. The van der Waals surface area contributed by atoms with E-state index in [9.17, 15) is 17.6 Å². The predicted molar refractivity (Wildman–Crippen MR) is 93.4 cm³/mol. The van der Waals surface area contributed by atoms with Gasteiger partial charge in [0.05, 0.1) is 11.5 Å². The Hall–Kier alpha value is -2.47. The number of hydrogen-bond donors (Lipinski definition) is 0. The maximum atomic E-state index is 14.2. The molecule has 0 saturated carbocycles. The van der Waals surface area contributed by atoms with E-state index in [2.05, 4.69) is 4.74 Å². The molecule has 0 spiro atoms. The van der Waals surface area contributed by atoms with Gasteiger partial charge in [0.25, 0.3) is 0 Å². The summed E-state index contributed by atoms with van der Waals surface area (Å²) in [6, 6.07) is 14.7. The minimum absolute atomic E-state index is 0.000635. The van der Waals surface area contributed by atoms with Crippen LogP contribution < -0.4 is 0 Å². The molecule has 0 N–H and O–H groups in total. The van der Waals surface area contributed by atoms with E-state index < -0.39 is 26.9 Å². The molecule has 132 valence electrons. The number of carbonyl (C=O) groups excluding carboxylic acids is 1. The summed E-state index contributed by atoms with van der Waals surface area (Å²) in [5.41, 5.74) is 0.915. The van der Waals surface area contributed by atoms with Gasteiger partial charge in [0.15, 0.2) is 9.84 Å². The molecule has 0 radical (unpaired) electrons. The van der Waals surface area contributed by atoms with Gasteiger partial charge in [-0.3, -0.25) is 0 Å². The van der Waals surface area contributed by atoms with Crippen LogP contribution in [0.25, 0.3) is 0 Å². The van der Waals surface area contributed by atoms with Crippen molar-refractivity contribution in [2.24, 2.45) is 0 Å². The van der Waals surface area contributed by atoms with Crippen molar-refractivity contribution >= 4 is 15.8 Å². The van der Waals surface area contributed by atoms with Gasteiger partial charge in [-0.1, -0.05) is 48.5 Å². The van der Waals surface area contributed by atoms with E-state index >= 15 is 0 Å². The van der Waals surface area contributed by atoms with Crippen LogP contribution in [0.1, 0.15) is 23.3 Å². The van der Waals surface area contributed by atoms with Crippen LogP contribution in [0.3, 0.4) is 0 Å². The standard InChI is InChI=1S/C19H19FO4S/c1-3-24-19(21)16(20)13-18(15-10-5-4-6-11-15)25(22,23)17-12-8-7-9-14(17)2/h4-13,18H,3H2,1-2H3/b16-13-. The second-order valence-electron chi connectivity index (χ2n) is 5.38. The molecule has 0 saturated heterocycles. The average molecular weight is 362 g/mol. The lowest BCUT2D eigenvalue weighted by Gasteiger charge is -2.16. The van der Waals surface area contributed by atoms with E-state index in [4.69, 9.17) is 0 Å². The first-order valence-electron chi connectivity index (χ1n) is 7.76. The molecule has 0 aromatic heterocycles. The number of esters is 1. The first kappa shape index (κ1) is 18.9. The summed E-state index contributed by atoms with van der Waals surface area (Å²) in [5.74, 6) is -2.41. The Balaban J connectivity index is 2.58. The fourth-order valence-corrected chi connectivity index (χ4v) is 4.29. The summed E-state index contributed by atoms with van der Waals surface area (Å²) in [5, 5.41) is -1.33. The largest absolute Gasteiger partial charge is 0.461 e. The van der Waals surface area contributed by atoms with Crippen molar-refractivity contribution in [3.63, 3.8) is 0 Å². The number of hydrogen-bond acceptors (Lipinski definition) is 4. The minimum Gasteiger partial charge on any atom is -0.461 e. The molecule has 0 aliphatic carbocycles. The van der Waals surface area contributed by atoms with Gasteiger partial charge in [0, 0.05) is 0 Å². The highest BCUT2D eigenvalue weighted by Crippen LogP contribution is 2.33. The maximum absolute atomic E-state index is 14.2. The lowest BCUT2D eigenvalue weighted by atomic mass is 10.1. The molecule has 0 fully saturated rings. The molecular weight excluding hydrogens is 343 g/mol. The van der Waals surface area contributed by atoms with Crippen molar-refractivity contribution in [2.45, 2.75) is 24.0 Å². The molecule has 25 heavy (non-hydrogen) atoms. The highest BCUT2D eigenvalue weighted by molar-refractivity contribution is 7.92. The van der Waals surface area contributed by atoms with Crippen LogP contribution >= 0.6 is 0 Å². The fraction of sp³-hybridized carbons (Fsp3) is 0.211. The third-order valence-electron chi connectivity index (χ3n) is 3.63. The lowest BCUT2D eigenvalue weighted by Crippen LogP contribution is -2.15. The van der Waals surface area contributed by atoms with Crippen LogP contribution in [0.15, 0.2) is 71.4 Å². The van der Waals surface area contributed by atoms with E-state index in [0.29, 0.717) is 11.1 Å². The molecule has 0 aliphatic rings. The number of halogens is 1. The highest BCUT2D eigenvalue weighted by atomic mass is 32.2. The molecular formula is C19H19FO4S. The zero-order chi connectivity index (χ0) is 18.4. The fourth-order valence-electron chi connectivity index (χ4n) is 2.42. The van der Waals surface area contributed by atoms with Crippen molar-refractivity contribution in [3.8, 4) is 0 Å². The van der Waals surface area contributed by atoms with Gasteiger partial charge in [-0.15, -0.1) is 0 Å². The molecule has 0 amide bonds. The van der Waals surface area contributed by atoms with Gasteiger partial charge < -0.3 is 4.74 Å². The zero-order valence-corrected chi connectivity index (χ0v) is 14.8. The van der Waals surface area contributed by atoms with Gasteiger partial charge in [0.2, 0.25) is 5.83 Å². The monoisotopic (exact) mass is 362 g/mol. The smallest absolute Gasteiger partial charge is 0.366 e. The molecule has 0 heterocycles. The highest BCUT2D eigenvalue weighted by Gasteiger charge is 2.30. The van der Waals surface area contributed by atoms with Crippen LogP contribution in [-0.4, -0.2) is 21.0 Å². The van der Waals surface area contributed by atoms with Gasteiger partial charge in [0.1, 0.15) is 5.25 Å². The van der Waals surface area contributed by atoms with Gasteiger partial charge >= 0.3 is 5.97 Å². The molecule has 2 aromatic rings. The molecule has 1 atom stereocenters. The summed E-state index contributed by atoms with van der Waals surface area (Å²) >= 11 is 0. The van der Waals surface area contributed by atoms with Crippen LogP contribution in [0.2, 0.25) is 0 Å². The number of benzene rings is 2. The third-order valence-corrected chi connectivity index (χ3v) is 5.78. The molecule has 0 aliphatic heterocycles. The van der Waals surface area contributed by atoms with Crippen molar-refractivity contribution < 1.29 is 22.3 Å². The Morgan fingerprint density at radius 3 is 2.32 bits per heavy atom. The second kappa shape index (κ2) is 8.07. The SMILES string of the molecule is CCOC(=O)/C(F)=C/C(c1ccccc1)S(=O)(=O)c1ccccc1C. The number of sulfone groups is 1. The zero-order valence-electron chi connectivity index (χ0n) is 14.0. The van der Waals surface area contributed by atoms with E-state index in [0.717, 1.165) is 6.08 Å².